The van der Waals surface area contributed by atoms with Crippen molar-refractivity contribution >= 4 is 10.2 Å². The molecule has 1 heterocycles. The standard InChI is InChI=1S/C14H31N3O3S/c1-3-11-20-12-7-9-16-21(18,19)17-10-6-5-8-14(17)13-15-4-2/h14-16H,3-13H2,1-2H3. The molecule has 0 aromatic heterocycles. The molecule has 126 valence electrons. The van der Waals surface area contributed by atoms with E-state index in [9.17, 15) is 8.42 Å². The summed E-state index contributed by atoms with van der Waals surface area (Å²) in [6.07, 6.45) is 4.69. The first-order chi connectivity index (χ1) is 10.1. The van der Waals surface area contributed by atoms with Gasteiger partial charge in [-0.3, -0.25) is 0 Å². The number of hydrogen-bond donors (Lipinski definition) is 2. The maximum absolute atomic E-state index is 12.4. The normalized spacial score (nSPS) is 20.8. The molecule has 0 radical (unpaired) electrons. The third-order valence-electron chi connectivity index (χ3n) is 3.61. The highest BCUT2D eigenvalue weighted by Gasteiger charge is 2.31. The second-order valence-corrected chi connectivity index (χ2v) is 7.14. The molecule has 7 heteroatoms. The van der Waals surface area contributed by atoms with Gasteiger partial charge in [0.05, 0.1) is 0 Å². The van der Waals surface area contributed by atoms with E-state index in [1.54, 1.807) is 4.31 Å². The Morgan fingerprint density at radius 2 is 2.05 bits per heavy atom. The fourth-order valence-corrected chi connectivity index (χ4v) is 4.02. The zero-order valence-electron chi connectivity index (χ0n) is 13.4. The molecular weight excluding hydrogens is 290 g/mol. The quantitative estimate of drug-likeness (QED) is 0.559. The number of rotatable bonds is 11. The number of piperidine rings is 1. The zero-order chi connectivity index (χ0) is 15.6. The summed E-state index contributed by atoms with van der Waals surface area (Å²) in [7, 11) is -3.37. The van der Waals surface area contributed by atoms with Crippen LogP contribution in [0.3, 0.4) is 0 Å². The highest BCUT2D eigenvalue weighted by molar-refractivity contribution is 7.87. The first-order valence-corrected chi connectivity index (χ1v) is 9.60. The Morgan fingerprint density at radius 3 is 2.76 bits per heavy atom. The minimum atomic E-state index is -3.37. The Labute approximate surface area is 129 Å². The van der Waals surface area contributed by atoms with E-state index in [0.717, 1.165) is 45.4 Å². The molecule has 0 spiro atoms. The predicted octanol–water partition coefficient (Wildman–Crippen LogP) is 1.10. The molecule has 0 bridgehead atoms. The molecule has 6 nitrogen and oxygen atoms in total. The van der Waals surface area contributed by atoms with Crippen molar-refractivity contribution in [2.24, 2.45) is 0 Å². The van der Waals surface area contributed by atoms with Gasteiger partial charge in [-0.2, -0.15) is 12.7 Å². The first kappa shape index (κ1) is 18.8. The van der Waals surface area contributed by atoms with E-state index in [1.807, 2.05) is 6.92 Å². The van der Waals surface area contributed by atoms with Crippen molar-refractivity contribution in [3.05, 3.63) is 0 Å². The van der Waals surface area contributed by atoms with Gasteiger partial charge in [0.1, 0.15) is 0 Å². The number of nitrogens with zero attached hydrogens (tertiary/aromatic N) is 1. The van der Waals surface area contributed by atoms with Crippen molar-refractivity contribution in [2.45, 2.75) is 52.0 Å². The Morgan fingerprint density at radius 1 is 1.24 bits per heavy atom. The Kier molecular flexibility index (Phi) is 9.42. The van der Waals surface area contributed by atoms with Crippen LogP contribution in [0.5, 0.6) is 0 Å². The molecule has 0 aromatic rings. The second kappa shape index (κ2) is 10.5. The highest BCUT2D eigenvalue weighted by atomic mass is 32.2. The molecule has 1 aliphatic rings. The molecule has 1 aliphatic heterocycles. The smallest absolute Gasteiger partial charge is 0.279 e. The summed E-state index contributed by atoms with van der Waals surface area (Å²) in [5, 5.41) is 3.26. The minimum Gasteiger partial charge on any atom is -0.381 e. The van der Waals surface area contributed by atoms with Crippen LogP contribution in [0.4, 0.5) is 0 Å². The summed E-state index contributed by atoms with van der Waals surface area (Å²) < 4.78 is 34.5. The molecule has 0 amide bonds. The van der Waals surface area contributed by atoms with Crippen LogP contribution in [0.15, 0.2) is 0 Å². The summed E-state index contributed by atoms with van der Waals surface area (Å²) in [6.45, 7) is 8.11. The molecule has 1 rings (SSSR count). The summed E-state index contributed by atoms with van der Waals surface area (Å²) >= 11 is 0. The van der Waals surface area contributed by atoms with Gasteiger partial charge in [-0.25, -0.2) is 4.72 Å². The van der Waals surface area contributed by atoms with E-state index in [-0.39, 0.29) is 6.04 Å². The van der Waals surface area contributed by atoms with Crippen molar-refractivity contribution < 1.29 is 13.2 Å². The second-order valence-electron chi connectivity index (χ2n) is 5.43. The third-order valence-corrected chi connectivity index (χ3v) is 5.28. The van der Waals surface area contributed by atoms with E-state index >= 15 is 0 Å². The van der Waals surface area contributed by atoms with E-state index in [2.05, 4.69) is 17.0 Å². The molecule has 1 fully saturated rings. The zero-order valence-corrected chi connectivity index (χ0v) is 14.3. The van der Waals surface area contributed by atoms with Crippen molar-refractivity contribution in [3.8, 4) is 0 Å². The lowest BCUT2D eigenvalue weighted by molar-refractivity contribution is 0.133. The molecule has 21 heavy (non-hydrogen) atoms. The fraction of sp³-hybridized carbons (Fsp3) is 1.00. The first-order valence-electron chi connectivity index (χ1n) is 8.16. The Bertz CT molecular complexity index is 362. The van der Waals surface area contributed by atoms with Crippen molar-refractivity contribution in [1.29, 1.82) is 0 Å². The molecule has 1 unspecified atom stereocenters. The van der Waals surface area contributed by atoms with Gasteiger partial charge in [-0.05, 0) is 32.2 Å². The third kappa shape index (κ3) is 7.06. The van der Waals surface area contributed by atoms with Crippen molar-refractivity contribution in [2.75, 3.05) is 39.4 Å². The van der Waals surface area contributed by atoms with E-state index in [4.69, 9.17) is 4.74 Å². The number of nitrogens with one attached hydrogen (secondary N) is 2. The molecule has 0 aromatic carbocycles. The van der Waals surface area contributed by atoms with Crippen LogP contribution in [-0.2, 0) is 14.9 Å². The fourth-order valence-electron chi connectivity index (χ4n) is 2.51. The largest absolute Gasteiger partial charge is 0.381 e. The van der Waals surface area contributed by atoms with Crippen LogP contribution >= 0.6 is 0 Å². The molecular formula is C14H31N3O3S. The van der Waals surface area contributed by atoms with Gasteiger partial charge < -0.3 is 10.1 Å². The summed E-state index contributed by atoms with van der Waals surface area (Å²) in [5.74, 6) is 0. The number of hydrogen-bond acceptors (Lipinski definition) is 4. The lowest BCUT2D eigenvalue weighted by Gasteiger charge is -2.34. The SMILES string of the molecule is CCCOCCCNS(=O)(=O)N1CCCCC1CNCC. The van der Waals surface area contributed by atoms with Crippen LogP contribution < -0.4 is 10.0 Å². The predicted molar refractivity (Wildman–Crippen MR) is 85.5 cm³/mol. The summed E-state index contributed by atoms with van der Waals surface area (Å²) in [6, 6.07) is 0.0764. The Hall–Kier alpha value is -0.210. The highest BCUT2D eigenvalue weighted by Crippen LogP contribution is 2.19. The van der Waals surface area contributed by atoms with Gasteiger partial charge in [0, 0.05) is 38.9 Å². The Balaban J connectivity index is 2.39. The molecule has 1 saturated heterocycles. The van der Waals surface area contributed by atoms with Crippen molar-refractivity contribution in [3.63, 3.8) is 0 Å². The summed E-state index contributed by atoms with van der Waals surface area (Å²) in [4.78, 5) is 0. The van der Waals surface area contributed by atoms with Crippen LogP contribution in [0.1, 0.15) is 46.0 Å². The van der Waals surface area contributed by atoms with Crippen LogP contribution in [0, 0.1) is 0 Å². The lowest BCUT2D eigenvalue weighted by atomic mass is 10.1. The van der Waals surface area contributed by atoms with Gasteiger partial charge in [-0.15, -0.1) is 0 Å². The summed E-state index contributed by atoms with van der Waals surface area (Å²) in [5.41, 5.74) is 0. The van der Waals surface area contributed by atoms with E-state index < -0.39 is 10.2 Å². The molecule has 0 aliphatic carbocycles. The monoisotopic (exact) mass is 321 g/mol. The minimum absolute atomic E-state index is 0.0764. The average molecular weight is 321 g/mol. The lowest BCUT2D eigenvalue weighted by Crippen LogP contribution is -2.52. The van der Waals surface area contributed by atoms with Crippen LogP contribution in [0.2, 0.25) is 0 Å². The van der Waals surface area contributed by atoms with Gasteiger partial charge in [0.2, 0.25) is 0 Å². The molecule has 0 saturated carbocycles. The topological polar surface area (TPSA) is 70.7 Å². The van der Waals surface area contributed by atoms with Crippen molar-refractivity contribution in [1.82, 2.24) is 14.3 Å². The van der Waals surface area contributed by atoms with Gasteiger partial charge in [0.25, 0.3) is 10.2 Å². The maximum atomic E-state index is 12.4. The van der Waals surface area contributed by atoms with Gasteiger partial charge in [0.15, 0.2) is 0 Å². The number of likely N-dealkylation sites (N-methyl/N-ethyl adjacent to an activating group) is 1. The van der Waals surface area contributed by atoms with Gasteiger partial charge in [-0.1, -0.05) is 20.3 Å². The molecule has 1 atom stereocenters. The number of ether oxygens (including phenoxy) is 1. The average Bonchev–Trinajstić information content (AvgIpc) is 2.49. The van der Waals surface area contributed by atoms with Crippen LogP contribution in [-0.4, -0.2) is 58.2 Å². The van der Waals surface area contributed by atoms with E-state index in [0.29, 0.717) is 26.1 Å². The van der Waals surface area contributed by atoms with E-state index in [1.165, 1.54) is 0 Å². The van der Waals surface area contributed by atoms with Crippen LogP contribution in [0.25, 0.3) is 0 Å². The maximum Gasteiger partial charge on any atom is 0.279 e. The molecule has 2 N–H and O–H groups in total. The van der Waals surface area contributed by atoms with Gasteiger partial charge >= 0.3 is 0 Å².